The van der Waals surface area contributed by atoms with E-state index in [1.54, 1.807) is 0 Å². The minimum atomic E-state index is -1.15. The number of carboxylic acid groups (broad SMARTS) is 1. The van der Waals surface area contributed by atoms with Gasteiger partial charge in [-0.05, 0) is 6.92 Å². The Morgan fingerprint density at radius 2 is 2.14 bits per heavy atom. The van der Waals surface area contributed by atoms with Crippen molar-refractivity contribution in [1.29, 1.82) is 0 Å². The van der Waals surface area contributed by atoms with E-state index in [0.29, 0.717) is 12.3 Å². The highest BCUT2D eigenvalue weighted by molar-refractivity contribution is 8.01. The lowest BCUT2D eigenvalue weighted by molar-refractivity contribution is -0.147. The zero-order valence-corrected chi connectivity index (χ0v) is 9.10. The molecule has 0 heterocycles. The quantitative estimate of drug-likeness (QED) is 0.618. The lowest BCUT2D eigenvalue weighted by atomic mass is 10.1. The summed E-state index contributed by atoms with van der Waals surface area (Å²) in [7, 11) is 1.23. The van der Waals surface area contributed by atoms with Crippen LogP contribution in [-0.2, 0) is 14.3 Å². The van der Waals surface area contributed by atoms with E-state index in [9.17, 15) is 9.59 Å². The number of hydrogen-bond acceptors (Lipinski definition) is 5. The first-order valence-corrected chi connectivity index (χ1v) is 5.09. The van der Waals surface area contributed by atoms with Crippen molar-refractivity contribution in [1.82, 2.24) is 0 Å². The number of aliphatic carboxylic acids is 1. The van der Waals surface area contributed by atoms with Gasteiger partial charge < -0.3 is 15.6 Å². The molecular weight excluding hydrogens is 206 g/mol. The zero-order valence-electron chi connectivity index (χ0n) is 8.28. The third-order valence-electron chi connectivity index (χ3n) is 1.70. The summed E-state index contributed by atoms with van der Waals surface area (Å²) in [6, 6.07) is 0. The number of carboxylic acids is 1. The Kier molecular flexibility index (Phi) is 5.56. The standard InChI is InChI=1S/C8H15NO4S/c1-8(7(11)12,14-4-3-9)5-6(10)13-2/h3-5,9H2,1-2H3,(H,11,12). The molecule has 1 atom stereocenters. The summed E-state index contributed by atoms with van der Waals surface area (Å²) in [5, 5.41) is 8.93. The molecule has 0 rings (SSSR count). The molecule has 0 saturated heterocycles. The number of nitrogens with two attached hydrogens (primary N) is 1. The van der Waals surface area contributed by atoms with Gasteiger partial charge in [-0.3, -0.25) is 9.59 Å². The van der Waals surface area contributed by atoms with Gasteiger partial charge in [-0.2, -0.15) is 0 Å². The van der Waals surface area contributed by atoms with Crippen molar-refractivity contribution in [3.8, 4) is 0 Å². The van der Waals surface area contributed by atoms with E-state index < -0.39 is 16.7 Å². The molecule has 0 aliphatic heterocycles. The second-order valence-corrected chi connectivity index (χ2v) is 4.52. The highest BCUT2D eigenvalue weighted by Crippen LogP contribution is 2.29. The maximum atomic E-state index is 11.0. The first kappa shape index (κ1) is 13.2. The summed E-state index contributed by atoms with van der Waals surface area (Å²) in [6.45, 7) is 1.88. The van der Waals surface area contributed by atoms with Crippen molar-refractivity contribution in [3.63, 3.8) is 0 Å². The van der Waals surface area contributed by atoms with Gasteiger partial charge in [-0.25, -0.2) is 0 Å². The van der Waals surface area contributed by atoms with Gasteiger partial charge in [0.1, 0.15) is 4.75 Å². The molecule has 0 radical (unpaired) electrons. The molecule has 0 fully saturated rings. The largest absolute Gasteiger partial charge is 0.480 e. The summed E-state index contributed by atoms with van der Waals surface area (Å²) in [5.74, 6) is -1.06. The molecule has 14 heavy (non-hydrogen) atoms. The average molecular weight is 221 g/mol. The fourth-order valence-corrected chi connectivity index (χ4v) is 1.73. The summed E-state index contributed by atoms with van der Waals surface area (Å²) in [5.41, 5.74) is 5.27. The number of carbonyl (C=O) groups excluding carboxylic acids is 1. The minimum Gasteiger partial charge on any atom is -0.480 e. The first-order valence-electron chi connectivity index (χ1n) is 4.10. The Morgan fingerprint density at radius 3 is 2.50 bits per heavy atom. The molecular formula is C8H15NO4S. The van der Waals surface area contributed by atoms with Gasteiger partial charge in [-0.1, -0.05) is 0 Å². The van der Waals surface area contributed by atoms with Crippen LogP contribution in [0.3, 0.4) is 0 Å². The number of methoxy groups -OCH3 is 1. The Labute approximate surface area is 87.0 Å². The SMILES string of the molecule is COC(=O)CC(C)(SCCN)C(=O)O. The van der Waals surface area contributed by atoms with Gasteiger partial charge >= 0.3 is 11.9 Å². The first-order chi connectivity index (χ1) is 6.46. The molecule has 5 nitrogen and oxygen atoms in total. The molecule has 82 valence electrons. The van der Waals surface area contributed by atoms with Crippen LogP contribution in [0.1, 0.15) is 13.3 Å². The fourth-order valence-electron chi connectivity index (χ4n) is 0.820. The van der Waals surface area contributed by atoms with Crippen molar-refractivity contribution < 1.29 is 19.4 Å². The Balaban J connectivity index is 4.39. The van der Waals surface area contributed by atoms with Gasteiger partial charge in [0.25, 0.3) is 0 Å². The van der Waals surface area contributed by atoms with Crippen LogP contribution < -0.4 is 5.73 Å². The Bertz CT molecular complexity index is 221. The molecule has 6 heteroatoms. The predicted octanol–water partition coefficient (Wildman–Crippen LogP) is 0.0847. The highest BCUT2D eigenvalue weighted by Gasteiger charge is 2.36. The number of ether oxygens (including phenoxy) is 1. The lowest BCUT2D eigenvalue weighted by Crippen LogP contribution is -2.35. The smallest absolute Gasteiger partial charge is 0.320 e. The fraction of sp³-hybridized carbons (Fsp3) is 0.750. The average Bonchev–Trinajstić information content (AvgIpc) is 2.14. The van der Waals surface area contributed by atoms with Crippen LogP contribution in [0.25, 0.3) is 0 Å². The molecule has 0 aromatic heterocycles. The molecule has 3 N–H and O–H groups in total. The van der Waals surface area contributed by atoms with Gasteiger partial charge in [0, 0.05) is 12.3 Å². The van der Waals surface area contributed by atoms with E-state index >= 15 is 0 Å². The van der Waals surface area contributed by atoms with Crippen molar-refractivity contribution in [2.75, 3.05) is 19.4 Å². The molecule has 0 aliphatic rings. The van der Waals surface area contributed by atoms with E-state index in [1.165, 1.54) is 14.0 Å². The van der Waals surface area contributed by atoms with Gasteiger partial charge in [-0.15, -0.1) is 11.8 Å². The number of rotatable bonds is 6. The molecule has 0 aromatic carbocycles. The summed E-state index contributed by atoms with van der Waals surface area (Å²) < 4.78 is 3.28. The second kappa shape index (κ2) is 5.87. The normalized spacial score (nSPS) is 14.5. The predicted molar refractivity (Wildman–Crippen MR) is 54.2 cm³/mol. The van der Waals surface area contributed by atoms with E-state index in [1.807, 2.05) is 0 Å². The van der Waals surface area contributed by atoms with Crippen LogP contribution >= 0.6 is 11.8 Å². The van der Waals surface area contributed by atoms with E-state index in [-0.39, 0.29) is 6.42 Å². The molecule has 0 saturated carbocycles. The molecule has 0 spiro atoms. The maximum Gasteiger partial charge on any atom is 0.320 e. The van der Waals surface area contributed by atoms with Crippen molar-refractivity contribution in [2.24, 2.45) is 5.73 Å². The second-order valence-electron chi connectivity index (χ2n) is 2.93. The number of carbonyl (C=O) groups is 2. The summed E-state index contributed by atoms with van der Waals surface area (Å²) >= 11 is 1.15. The van der Waals surface area contributed by atoms with Crippen LogP contribution in [0.5, 0.6) is 0 Å². The van der Waals surface area contributed by atoms with Crippen LogP contribution in [0.15, 0.2) is 0 Å². The van der Waals surface area contributed by atoms with E-state index in [2.05, 4.69) is 4.74 Å². The third-order valence-corrected chi connectivity index (χ3v) is 3.10. The van der Waals surface area contributed by atoms with Gasteiger partial charge in [0.05, 0.1) is 13.5 Å². The lowest BCUT2D eigenvalue weighted by Gasteiger charge is -2.22. The topological polar surface area (TPSA) is 89.6 Å². The summed E-state index contributed by atoms with van der Waals surface area (Å²) in [4.78, 5) is 21.9. The monoisotopic (exact) mass is 221 g/mol. The summed E-state index contributed by atoms with van der Waals surface area (Å²) in [6.07, 6.45) is -0.149. The van der Waals surface area contributed by atoms with Crippen LogP contribution in [0.4, 0.5) is 0 Å². The van der Waals surface area contributed by atoms with Gasteiger partial charge in [0.15, 0.2) is 0 Å². The third kappa shape index (κ3) is 3.97. The zero-order chi connectivity index (χ0) is 11.2. The Hall–Kier alpha value is -0.750. The maximum absolute atomic E-state index is 11.0. The number of hydrogen-bond donors (Lipinski definition) is 2. The van der Waals surface area contributed by atoms with Crippen LogP contribution in [0.2, 0.25) is 0 Å². The number of esters is 1. The van der Waals surface area contributed by atoms with Crippen molar-refractivity contribution >= 4 is 23.7 Å². The van der Waals surface area contributed by atoms with E-state index in [4.69, 9.17) is 10.8 Å². The number of thioether (sulfide) groups is 1. The minimum absolute atomic E-state index is 0.149. The van der Waals surface area contributed by atoms with Crippen molar-refractivity contribution in [2.45, 2.75) is 18.1 Å². The highest BCUT2D eigenvalue weighted by atomic mass is 32.2. The van der Waals surface area contributed by atoms with Crippen LogP contribution in [-0.4, -0.2) is 41.2 Å². The molecule has 0 amide bonds. The van der Waals surface area contributed by atoms with Crippen molar-refractivity contribution in [3.05, 3.63) is 0 Å². The Morgan fingerprint density at radius 1 is 1.57 bits per heavy atom. The van der Waals surface area contributed by atoms with Crippen LogP contribution in [0, 0.1) is 0 Å². The molecule has 0 bridgehead atoms. The van der Waals surface area contributed by atoms with Gasteiger partial charge in [0.2, 0.25) is 0 Å². The molecule has 0 aliphatic carbocycles. The van der Waals surface area contributed by atoms with E-state index in [0.717, 1.165) is 11.8 Å². The molecule has 0 aromatic rings. The molecule has 1 unspecified atom stereocenters.